The Labute approximate surface area is 146 Å². The molecule has 24 heavy (non-hydrogen) atoms. The van der Waals surface area contributed by atoms with Gasteiger partial charge in [-0.1, -0.05) is 11.6 Å². The first-order chi connectivity index (χ1) is 11.6. The molecule has 1 atom stereocenters. The van der Waals surface area contributed by atoms with Crippen LogP contribution in [0.5, 0.6) is 5.75 Å². The van der Waals surface area contributed by atoms with E-state index in [4.69, 9.17) is 16.3 Å². The van der Waals surface area contributed by atoms with Gasteiger partial charge < -0.3 is 15.0 Å². The molecule has 2 amide bonds. The number of aryl methyl sites for hydroxylation is 1. The summed E-state index contributed by atoms with van der Waals surface area (Å²) in [6.45, 7) is 3.70. The van der Waals surface area contributed by atoms with Crippen molar-refractivity contribution < 1.29 is 9.53 Å². The molecule has 2 aromatic rings. The Morgan fingerprint density at radius 1 is 1.38 bits per heavy atom. The van der Waals surface area contributed by atoms with Crippen molar-refractivity contribution in [3.05, 3.63) is 58.9 Å². The van der Waals surface area contributed by atoms with Crippen LogP contribution in [0.25, 0.3) is 0 Å². The third-order valence-corrected chi connectivity index (χ3v) is 4.19. The molecule has 0 bridgehead atoms. The number of nitrogens with one attached hydrogen (secondary N) is 1. The fourth-order valence-corrected chi connectivity index (χ4v) is 2.81. The van der Waals surface area contributed by atoms with Crippen LogP contribution in [0.4, 0.5) is 4.79 Å². The number of likely N-dealkylation sites (tertiary alicyclic amines) is 1. The highest BCUT2D eigenvalue weighted by Gasteiger charge is 2.27. The van der Waals surface area contributed by atoms with Gasteiger partial charge in [0.1, 0.15) is 11.9 Å². The van der Waals surface area contributed by atoms with Crippen molar-refractivity contribution in [2.45, 2.75) is 26.0 Å². The quantitative estimate of drug-likeness (QED) is 0.924. The average molecular weight is 346 g/mol. The second-order valence-corrected chi connectivity index (χ2v) is 6.35. The van der Waals surface area contributed by atoms with Crippen LogP contribution in [-0.2, 0) is 6.54 Å². The molecule has 0 spiro atoms. The lowest BCUT2D eigenvalue weighted by Crippen LogP contribution is -2.39. The number of hydrogen-bond donors (Lipinski definition) is 1. The third-order valence-electron chi connectivity index (χ3n) is 3.94. The molecular formula is C18H20ClN3O2. The molecule has 1 aliphatic rings. The number of amides is 2. The van der Waals surface area contributed by atoms with Crippen LogP contribution in [0, 0.1) is 6.92 Å². The van der Waals surface area contributed by atoms with E-state index in [9.17, 15) is 4.79 Å². The van der Waals surface area contributed by atoms with Crippen LogP contribution in [0.2, 0.25) is 5.02 Å². The number of carbonyl (C=O) groups excluding carboxylic acids is 1. The van der Waals surface area contributed by atoms with E-state index in [0.29, 0.717) is 24.7 Å². The second kappa shape index (κ2) is 7.53. The number of ether oxygens (including phenoxy) is 1. The van der Waals surface area contributed by atoms with E-state index in [1.165, 1.54) is 0 Å². The molecule has 1 aliphatic heterocycles. The van der Waals surface area contributed by atoms with Crippen molar-refractivity contribution >= 4 is 17.6 Å². The molecular weight excluding hydrogens is 326 g/mol. The van der Waals surface area contributed by atoms with Gasteiger partial charge in [0.15, 0.2) is 0 Å². The molecule has 1 fully saturated rings. The highest BCUT2D eigenvalue weighted by Crippen LogP contribution is 2.20. The number of rotatable bonds is 4. The normalized spacial score (nSPS) is 16.9. The summed E-state index contributed by atoms with van der Waals surface area (Å²) < 4.78 is 5.90. The molecule has 1 aromatic carbocycles. The fourth-order valence-electron chi connectivity index (χ4n) is 2.69. The number of aromatic nitrogens is 1. The Balaban J connectivity index is 1.48. The first-order valence-corrected chi connectivity index (χ1v) is 8.34. The van der Waals surface area contributed by atoms with Crippen molar-refractivity contribution in [1.82, 2.24) is 15.2 Å². The summed E-state index contributed by atoms with van der Waals surface area (Å²) in [4.78, 5) is 18.3. The minimum Gasteiger partial charge on any atom is -0.489 e. The molecule has 0 saturated carbocycles. The number of halogens is 1. The lowest BCUT2D eigenvalue weighted by Gasteiger charge is -2.18. The zero-order valence-corrected chi connectivity index (χ0v) is 14.3. The number of benzene rings is 1. The highest BCUT2D eigenvalue weighted by molar-refractivity contribution is 6.30. The molecule has 6 heteroatoms. The number of hydrogen-bond acceptors (Lipinski definition) is 3. The van der Waals surface area contributed by atoms with Gasteiger partial charge in [-0.2, -0.15) is 0 Å². The molecule has 3 rings (SSSR count). The molecule has 126 valence electrons. The van der Waals surface area contributed by atoms with Crippen LogP contribution in [-0.4, -0.2) is 35.1 Å². The van der Waals surface area contributed by atoms with E-state index in [1.807, 2.05) is 31.2 Å². The first kappa shape index (κ1) is 16.6. The van der Waals surface area contributed by atoms with E-state index in [-0.39, 0.29) is 12.1 Å². The topological polar surface area (TPSA) is 54.5 Å². The van der Waals surface area contributed by atoms with E-state index in [2.05, 4.69) is 10.3 Å². The Hall–Kier alpha value is -2.27. The lowest BCUT2D eigenvalue weighted by molar-refractivity contribution is 0.186. The summed E-state index contributed by atoms with van der Waals surface area (Å²) >= 11 is 5.87. The first-order valence-electron chi connectivity index (χ1n) is 7.97. The number of pyridine rings is 1. The summed E-state index contributed by atoms with van der Waals surface area (Å²) in [7, 11) is 0. The highest BCUT2D eigenvalue weighted by atomic mass is 35.5. The molecule has 1 unspecified atom stereocenters. The van der Waals surface area contributed by atoms with Gasteiger partial charge in [-0.15, -0.1) is 0 Å². The summed E-state index contributed by atoms with van der Waals surface area (Å²) in [5.74, 6) is 0.774. The van der Waals surface area contributed by atoms with Crippen molar-refractivity contribution in [3.8, 4) is 5.75 Å². The van der Waals surface area contributed by atoms with Gasteiger partial charge in [0.05, 0.1) is 18.8 Å². The minimum absolute atomic E-state index is 0.00835. The van der Waals surface area contributed by atoms with Gasteiger partial charge in [-0.25, -0.2) is 4.79 Å². The van der Waals surface area contributed by atoms with Crippen LogP contribution in [0.1, 0.15) is 17.7 Å². The van der Waals surface area contributed by atoms with Crippen LogP contribution in [0.3, 0.4) is 0 Å². The third kappa shape index (κ3) is 4.38. The van der Waals surface area contributed by atoms with Crippen LogP contribution < -0.4 is 10.1 Å². The molecule has 1 saturated heterocycles. The minimum atomic E-state index is -0.0829. The smallest absolute Gasteiger partial charge is 0.317 e. The summed E-state index contributed by atoms with van der Waals surface area (Å²) in [6.07, 6.45) is 2.58. The van der Waals surface area contributed by atoms with Crippen molar-refractivity contribution in [3.63, 3.8) is 0 Å². The van der Waals surface area contributed by atoms with E-state index in [1.54, 1.807) is 23.2 Å². The molecule has 0 aliphatic carbocycles. The van der Waals surface area contributed by atoms with Gasteiger partial charge in [0.25, 0.3) is 0 Å². The molecule has 1 aromatic heterocycles. The van der Waals surface area contributed by atoms with E-state index >= 15 is 0 Å². The maximum Gasteiger partial charge on any atom is 0.317 e. The number of nitrogens with zero attached hydrogens (tertiary/aromatic N) is 2. The standard InChI is InChI=1S/C18H20ClN3O2/c1-13-6-8-20-15(10-13)11-21-18(23)22-9-7-17(12-22)24-16-4-2-14(19)3-5-16/h2-6,8,10,17H,7,9,11-12H2,1H3,(H,21,23). The summed E-state index contributed by atoms with van der Waals surface area (Å²) in [6, 6.07) is 11.1. The van der Waals surface area contributed by atoms with Crippen LogP contribution >= 0.6 is 11.6 Å². The molecule has 0 radical (unpaired) electrons. The van der Waals surface area contributed by atoms with Gasteiger partial charge in [-0.3, -0.25) is 4.98 Å². The number of carbonyl (C=O) groups is 1. The Morgan fingerprint density at radius 3 is 2.92 bits per heavy atom. The second-order valence-electron chi connectivity index (χ2n) is 5.91. The zero-order chi connectivity index (χ0) is 16.9. The molecule has 5 nitrogen and oxygen atoms in total. The predicted molar refractivity (Wildman–Crippen MR) is 93.3 cm³/mol. The average Bonchev–Trinajstić information content (AvgIpc) is 3.03. The SMILES string of the molecule is Cc1ccnc(CNC(=O)N2CCC(Oc3ccc(Cl)cc3)C2)c1. The van der Waals surface area contributed by atoms with Crippen molar-refractivity contribution in [1.29, 1.82) is 0 Å². The fraction of sp³-hybridized carbons (Fsp3) is 0.333. The summed E-state index contributed by atoms with van der Waals surface area (Å²) in [5, 5.41) is 3.59. The largest absolute Gasteiger partial charge is 0.489 e. The predicted octanol–water partition coefficient (Wildman–Crippen LogP) is 3.41. The van der Waals surface area contributed by atoms with Gasteiger partial charge in [0, 0.05) is 24.2 Å². The van der Waals surface area contributed by atoms with Gasteiger partial charge >= 0.3 is 6.03 Å². The Bertz CT molecular complexity index is 706. The van der Waals surface area contributed by atoms with Crippen molar-refractivity contribution in [2.75, 3.05) is 13.1 Å². The lowest BCUT2D eigenvalue weighted by atomic mass is 10.2. The van der Waals surface area contributed by atoms with Crippen molar-refractivity contribution in [2.24, 2.45) is 0 Å². The zero-order valence-electron chi connectivity index (χ0n) is 13.5. The Kier molecular flexibility index (Phi) is 5.20. The maximum atomic E-state index is 12.3. The van der Waals surface area contributed by atoms with Crippen LogP contribution in [0.15, 0.2) is 42.6 Å². The van der Waals surface area contributed by atoms with E-state index < -0.39 is 0 Å². The maximum absolute atomic E-state index is 12.3. The van der Waals surface area contributed by atoms with E-state index in [0.717, 1.165) is 23.4 Å². The molecule has 2 heterocycles. The monoisotopic (exact) mass is 345 g/mol. The Morgan fingerprint density at radius 2 is 2.17 bits per heavy atom. The van der Waals surface area contributed by atoms with Gasteiger partial charge in [-0.05, 0) is 48.9 Å². The number of urea groups is 1. The summed E-state index contributed by atoms with van der Waals surface area (Å²) in [5.41, 5.74) is 1.99. The molecule has 1 N–H and O–H groups in total. The van der Waals surface area contributed by atoms with Gasteiger partial charge in [0.2, 0.25) is 0 Å².